The van der Waals surface area contributed by atoms with Gasteiger partial charge in [0.1, 0.15) is 4.21 Å². The van der Waals surface area contributed by atoms with Gasteiger partial charge in [-0.3, -0.25) is 0 Å². The van der Waals surface area contributed by atoms with Crippen molar-refractivity contribution in [2.24, 2.45) is 0 Å². The first-order valence-corrected chi connectivity index (χ1v) is 9.10. The van der Waals surface area contributed by atoms with Gasteiger partial charge in [-0.2, -0.15) is 9.29 Å². The second-order valence-electron chi connectivity index (χ2n) is 5.22. The van der Waals surface area contributed by atoms with Gasteiger partial charge in [-0.25, -0.2) is 8.42 Å². The summed E-state index contributed by atoms with van der Waals surface area (Å²) in [5.41, 5.74) is 0. The third-order valence-corrected chi connectivity index (χ3v) is 6.84. The smallest absolute Gasteiger partial charge is 0.252 e. The monoisotopic (exact) mass is 347 g/mol. The predicted molar refractivity (Wildman–Crippen MR) is 79.2 cm³/mol. The first-order valence-electron chi connectivity index (χ1n) is 6.47. The number of thiophene rings is 1. The molecule has 0 bridgehead atoms. The third-order valence-electron chi connectivity index (χ3n) is 3.31. The molecule has 1 fully saturated rings. The molecule has 2 aromatic heterocycles. The van der Waals surface area contributed by atoms with Crippen molar-refractivity contribution in [2.45, 2.75) is 29.9 Å². The lowest BCUT2D eigenvalue weighted by Crippen LogP contribution is -2.48. The van der Waals surface area contributed by atoms with Gasteiger partial charge in [-0.15, -0.1) is 11.3 Å². The quantitative estimate of drug-likeness (QED) is 0.849. The SMILES string of the molecule is CC(C)c1noc(C2CN(S(=O)(=O)c3ccc(Cl)s3)C2)n1. The van der Waals surface area contributed by atoms with Crippen LogP contribution in [0, 0.1) is 0 Å². The third kappa shape index (κ3) is 2.73. The molecule has 1 saturated heterocycles. The van der Waals surface area contributed by atoms with Crippen molar-refractivity contribution in [3.8, 4) is 0 Å². The van der Waals surface area contributed by atoms with E-state index in [2.05, 4.69) is 10.1 Å². The van der Waals surface area contributed by atoms with Gasteiger partial charge in [0.25, 0.3) is 10.0 Å². The van der Waals surface area contributed by atoms with Crippen LogP contribution in [-0.2, 0) is 10.0 Å². The van der Waals surface area contributed by atoms with Crippen LogP contribution in [0.2, 0.25) is 4.34 Å². The maximum atomic E-state index is 12.3. The van der Waals surface area contributed by atoms with Crippen molar-refractivity contribution in [1.82, 2.24) is 14.4 Å². The van der Waals surface area contributed by atoms with Crippen LogP contribution in [0.25, 0.3) is 0 Å². The molecule has 0 atom stereocenters. The van der Waals surface area contributed by atoms with E-state index in [0.29, 0.717) is 29.1 Å². The molecule has 0 aliphatic carbocycles. The van der Waals surface area contributed by atoms with Gasteiger partial charge in [-0.1, -0.05) is 30.6 Å². The first-order chi connectivity index (χ1) is 9.88. The summed E-state index contributed by atoms with van der Waals surface area (Å²) in [4.78, 5) is 4.31. The zero-order valence-corrected chi connectivity index (χ0v) is 13.9. The lowest BCUT2D eigenvalue weighted by Gasteiger charge is -2.35. The van der Waals surface area contributed by atoms with Crippen molar-refractivity contribution < 1.29 is 12.9 Å². The molecule has 2 aromatic rings. The molecule has 0 amide bonds. The summed E-state index contributed by atoms with van der Waals surface area (Å²) in [7, 11) is -3.45. The zero-order valence-electron chi connectivity index (χ0n) is 11.5. The van der Waals surface area contributed by atoms with Crippen molar-refractivity contribution in [3.63, 3.8) is 0 Å². The average Bonchev–Trinajstić information content (AvgIpc) is 2.96. The van der Waals surface area contributed by atoms with Gasteiger partial charge in [0.2, 0.25) is 5.89 Å². The molecular formula is C12H14ClN3O3S2. The summed E-state index contributed by atoms with van der Waals surface area (Å²) < 4.78 is 32.0. The molecular weight excluding hydrogens is 334 g/mol. The van der Waals surface area contributed by atoms with Crippen molar-refractivity contribution in [1.29, 1.82) is 0 Å². The van der Waals surface area contributed by atoms with Gasteiger partial charge >= 0.3 is 0 Å². The molecule has 6 nitrogen and oxygen atoms in total. The minimum atomic E-state index is -3.45. The Labute approximate surface area is 131 Å². The number of hydrogen-bond acceptors (Lipinski definition) is 6. The van der Waals surface area contributed by atoms with Crippen molar-refractivity contribution in [2.75, 3.05) is 13.1 Å². The summed E-state index contributed by atoms with van der Waals surface area (Å²) in [6.07, 6.45) is 0. The lowest BCUT2D eigenvalue weighted by molar-refractivity contribution is 0.217. The maximum Gasteiger partial charge on any atom is 0.252 e. The summed E-state index contributed by atoms with van der Waals surface area (Å²) in [5, 5.41) is 3.90. The zero-order chi connectivity index (χ0) is 15.2. The second-order valence-corrected chi connectivity index (χ2v) is 9.10. The van der Waals surface area contributed by atoms with E-state index in [1.807, 2.05) is 13.8 Å². The fourth-order valence-corrected chi connectivity index (χ4v) is 5.17. The van der Waals surface area contributed by atoms with Crippen LogP contribution in [0.3, 0.4) is 0 Å². The number of nitrogens with zero attached hydrogens (tertiary/aromatic N) is 3. The van der Waals surface area contributed by atoms with Crippen LogP contribution in [-0.4, -0.2) is 36.0 Å². The van der Waals surface area contributed by atoms with Crippen LogP contribution >= 0.6 is 22.9 Å². The van der Waals surface area contributed by atoms with Gasteiger partial charge < -0.3 is 4.52 Å². The summed E-state index contributed by atoms with van der Waals surface area (Å²) in [6.45, 7) is 4.68. The number of sulfonamides is 1. The van der Waals surface area contributed by atoms with Crippen LogP contribution in [0.5, 0.6) is 0 Å². The van der Waals surface area contributed by atoms with Crippen LogP contribution in [0.1, 0.15) is 37.4 Å². The fourth-order valence-electron chi connectivity index (χ4n) is 2.00. The van der Waals surface area contributed by atoms with E-state index in [1.54, 1.807) is 6.07 Å². The summed E-state index contributed by atoms with van der Waals surface area (Å²) in [5.74, 6) is 1.32. The molecule has 3 heterocycles. The Kier molecular flexibility index (Phi) is 3.81. The lowest BCUT2D eigenvalue weighted by atomic mass is 10.0. The Balaban J connectivity index is 1.70. The Bertz CT molecular complexity index is 747. The largest absolute Gasteiger partial charge is 0.339 e. The second kappa shape index (κ2) is 5.35. The predicted octanol–water partition coefficient (Wildman–Crippen LogP) is 2.70. The molecule has 0 radical (unpaired) electrons. The Morgan fingerprint density at radius 2 is 2.14 bits per heavy atom. The van der Waals surface area contributed by atoms with E-state index in [4.69, 9.17) is 16.1 Å². The van der Waals surface area contributed by atoms with Crippen LogP contribution in [0.15, 0.2) is 20.9 Å². The standard InChI is InChI=1S/C12H14ClN3O3S2/c1-7(2)11-14-12(19-15-11)8-5-16(6-8)21(17,18)10-4-3-9(13)20-10/h3-4,7-8H,5-6H2,1-2H3. The normalized spacial score (nSPS) is 17.3. The number of hydrogen-bond donors (Lipinski definition) is 0. The van der Waals surface area contributed by atoms with E-state index in [-0.39, 0.29) is 16.0 Å². The highest BCUT2D eigenvalue weighted by Crippen LogP contribution is 2.35. The van der Waals surface area contributed by atoms with Crippen LogP contribution in [0.4, 0.5) is 0 Å². The highest BCUT2D eigenvalue weighted by atomic mass is 35.5. The van der Waals surface area contributed by atoms with Gasteiger partial charge in [-0.05, 0) is 12.1 Å². The highest BCUT2D eigenvalue weighted by molar-refractivity contribution is 7.91. The molecule has 0 saturated carbocycles. The molecule has 21 heavy (non-hydrogen) atoms. The molecule has 114 valence electrons. The van der Waals surface area contributed by atoms with E-state index in [1.165, 1.54) is 10.4 Å². The molecule has 3 rings (SSSR count). The number of halogens is 1. The Morgan fingerprint density at radius 1 is 1.43 bits per heavy atom. The number of aromatic nitrogens is 2. The van der Waals surface area contributed by atoms with Gasteiger partial charge in [0, 0.05) is 19.0 Å². The van der Waals surface area contributed by atoms with Gasteiger partial charge in [0.15, 0.2) is 5.82 Å². The van der Waals surface area contributed by atoms with E-state index >= 15 is 0 Å². The minimum absolute atomic E-state index is 0.0322. The van der Waals surface area contributed by atoms with E-state index in [9.17, 15) is 8.42 Å². The van der Waals surface area contributed by atoms with Crippen molar-refractivity contribution >= 4 is 33.0 Å². The Morgan fingerprint density at radius 3 is 2.67 bits per heavy atom. The molecule has 0 unspecified atom stereocenters. The van der Waals surface area contributed by atoms with Crippen molar-refractivity contribution in [3.05, 3.63) is 28.2 Å². The fraction of sp³-hybridized carbons (Fsp3) is 0.500. The summed E-state index contributed by atoms with van der Waals surface area (Å²) in [6, 6.07) is 3.11. The molecule has 0 spiro atoms. The molecule has 1 aliphatic heterocycles. The Hall–Kier alpha value is -0.960. The maximum absolute atomic E-state index is 12.3. The van der Waals surface area contributed by atoms with E-state index < -0.39 is 10.0 Å². The topological polar surface area (TPSA) is 76.3 Å². The van der Waals surface area contributed by atoms with E-state index in [0.717, 1.165) is 11.3 Å². The highest BCUT2D eigenvalue weighted by Gasteiger charge is 2.41. The van der Waals surface area contributed by atoms with Crippen LogP contribution < -0.4 is 0 Å². The molecule has 9 heteroatoms. The minimum Gasteiger partial charge on any atom is -0.339 e. The summed E-state index contributed by atoms with van der Waals surface area (Å²) >= 11 is 6.85. The van der Waals surface area contributed by atoms with Gasteiger partial charge in [0.05, 0.1) is 10.3 Å². The average molecular weight is 348 g/mol. The molecule has 1 aliphatic rings. The molecule has 0 aromatic carbocycles. The number of rotatable bonds is 4. The molecule has 0 N–H and O–H groups in total. The first kappa shape index (κ1) is 15.0.